The summed E-state index contributed by atoms with van der Waals surface area (Å²) in [4.78, 5) is 76.8. The second kappa shape index (κ2) is 23.0. The zero-order chi connectivity index (χ0) is 44.6. The van der Waals surface area contributed by atoms with Crippen molar-refractivity contribution < 1.29 is 33.8 Å². The molecule has 5 heterocycles. The molecular weight excluding hydrogens is 917 g/mol. The second-order valence-corrected chi connectivity index (χ2v) is 18.3. The van der Waals surface area contributed by atoms with Crippen LogP contribution in [0, 0.1) is 17.3 Å². The molecule has 3 aliphatic rings. The molecule has 0 aliphatic carbocycles. The standard InChI is InChI=1S/C47H60N8O7.4H2S/c1-9-40(57)53-17-15-31(24-53)44(59)52(8)41(28(3)4)43(58)49-37-20-29-18-32(21-33(56)19-29)30-13-14-39-34(22-30)35(42(54(39)10-2)38-25-51(7)27-48-38)23-47(5,6)26-62-46(61)36-12-11-16-55(50-36)45(37)60;;;;/h9,13-14,18-19,21-22,25,27-28,31,36-37,41,50,56H,1,10-12,15-17,20,23-24,26H2,2-8H3,(H,49,58);4*1H2/t31-,36-,37-,41-;;;;/m0..../s1. The van der Waals surface area contributed by atoms with Crippen molar-refractivity contribution in [2.24, 2.45) is 24.3 Å². The Balaban J connectivity index is 0.00000289. The number of amides is 4. The molecule has 0 spiro atoms. The molecule has 3 N–H and O–H groups in total. The van der Waals surface area contributed by atoms with E-state index in [0.717, 1.165) is 39.0 Å². The number of hydrogen-bond donors (Lipinski definition) is 3. The Bertz CT molecular complexity index is 2420. The van der Waals surface area contributed by atoms with Crippen molar-refractivity contribution in [2.45, 2.75) is 91.4 Å². The number of ether oxygens (including phenoxy) is 1. The molecule has 4 amide bonds. The van der Waals surface area contributed by atoms with Crippen LogP contribution in [0.2, 0.25) is 0 Å². The lowest BCUT2D eigenvalue weighted by molar-refractivity contribution is -0.155. The number of carbonyl (C=O) groups is 5. The normalized spacial score (nSPS) is 19.8. The highest BCUT2D eigenvalue weighted by molar-refractivity contribution is 7.59. The van der Waals surface area contributed by atoms with E-state index >= 15 is 0 Å². The average molecular weight is 985 g/mol. The van der Waals surface area contributed by atoms with Crippen LogP contribution in [0.3, 0.4) is 0 Å². The molecule has 66 heavy (non-hydrogen) atoms. The molecule has 2 fully saturated rings. The van der Waals surface area contributed by atoms with Crippen LogP contribution >= 0.6 is 54.0 Å². The summed E-state index contributed by atoms with van der Waals surface area (Å²) >= 11 is 0. The summed E-state index contributed by atoms with van der Waals surface area (Å²) in [7, 11) is 3.52. The van der Waals surface area contributed by atoms with Crippen molar-refractivity contribution in [1.29, 1.82) is 0 Å². The fourth-order valence-corrected chi connectivity index (χ4v) is 9.43. The van der Waals surface area contributed by atoms with Crippen molar-refractivity contribution in [3.8, 4) is 28.3 Å². The topological polar surface area (TPSA) is 171 Å². The Labute approximate surface area is 415 Å². The van der Waals surface area contributed by atoms with E-state index in [0.29, 0.717) is 44.3 Å². The van der Waals surface area contributed by atoms with Gasteiger partial charge in [-0.1, -0.05) is 46.4 Å². The molecule has 7 rings (SSSR count). The van der Waals surface area contributed by atoms with Crippen LogP contribution in [0.4, 0.5) is 0 Å². The van der Waals surface area contributed by atoms with Gasteiger partial charge in [0, 0.05) is 69.2 Å². The number of hydrazine groups is 1. The van der Waals surface area contributed by atoms with E-state index in [2.05, 4.69) is 54.8 Å². The van der Waals surface area contributed by atoms with Gasteiger partial charge in [0.15, 0.2) is 0 Å². The summed E-state index contributed by atoms with van der Waals surface area (Å²) in [6.07, 6.45) is 7.02. The molecule has 2 saturated heterocycles. The molecule has 2 aromatic heterocycles. The molecule has 2 aromatic carbocycles. The highest BCUT2D eigenvalue weighted by Crippen LogP contribution is 2.40. The van der Waals surface area contributed by atoms with Crippen LogP contribution in [0.25, 0.3) is 33.4 Å². The van der Waals surface area contributed by atoms with Crippen LogP contribution in [0.5, 0.6) is 5.75 Å². The third-order valence-electron chi connectivity index (χ3n) is 12.5. The van der Waals surface area contributed by atoms with Gasteiger partial charge in [0.2, 0.25) is 17.7 Å². The Hall–Kier alpha value is -4.56. The number of phenolic OH excluding ortho intramolecular Hbond substituents is 1. The first-order valence-electron chi connectivity index (χ1n) is 21.7. The number of likely N-dealkylation sites (tertiary alicyclic amines) is 1. The number of phenols is 1. The number of aromatic nitrogens is 3. The van der Waals surface area contributed by atoms with Gasteiger partial charge in [0.1, 0.15) is 29.6 Å². The quantitative estimate of drug-likeness (QED) is 0.162. The molecule has 6 bridgehead atoms. The summed E-state index contributed by atoms with van der Waals surface area (Å²) in [5, 5.41) is 16.6. The molecule has 362 valence electrons. The van der Waals surface area contributed by atoms with Crippen molar-refractivity contribution in [2.75, 3.05) is 33.3 Å². The summed E-state index contributed by atoms with van der Waals surface area (Å²) in [5.74, 6) is -2.81. The largest absolute Gasteiger partial charge is 0.508 e. The number of fused-ring (bicyclic) bond motifs is 6. The van der Waals surface area contributed by atoms with Gasteiger partial charge in [-0.25, -0.2) is 10.4 Å². The van der Waals surface area contributed by atoms with Gasteiger partial charge in [0.05, 0.1) is 24.5 Å². The van der Waals surface area contributed by atoms with Crippen molar-refractivity contribution in [3.63, 3.8) is 0 Å². The maximum atomic E-state index is 14.6. The Kier molecular flexibility index (Phi) is 19.4. The number of benzene rings is 2. The molecule has 3 aliphatic heterocycles. The van der Waals surface area contributed by atoms with Crippen molar-refractivity contribution >= 4 is 94.5 Å². The third-order valence-corrected chi connectivity index (χ3v) is 12.5. The smallest absolute Gasteiger partial charge is 0.324 e. The number of nitrogens with zero attached hydrogens (tertiary/aromatic N) is 6. The number of esters is 1. The van der Waals surface area contributed by atoms with Gasteiger partial charge in [-0.3, -0.25) is 29.0 Å². The molecular formula is C47H68N8O7S4. The monoisotopic (exact) mass is 984 g/mol. The summed E-state index contributed by atoms with van der Waals surface area (Å²) in [5.41, 5.74) is 8.69. The first-order chi connectivity index (χ1) is 29.5. The number of imidazole rings is 1. The first kappa shape index (κ1) is 55.8. The van der Waals surface area contributed by atoms with Gasteiger partial charge < -0.3 is 34.1 Å². The first-order valence-corrected chi connectivity index (χ1v) is 21.7. The lowest BCUT2D eigenvalue weighted by atomic mass is 9.84. The van der Waals surface area contributed by atoms with E-state index in [1.807, 2.05) is 43.8 Å². The minimum atomic E-state index is -1.15. The number of carbonyl (C=O) groups excluding carboxylic acids is 5. The van der Waals surface area contributed by atoms with Crippen LogP contribution in [0.15, 0.2) is 61.6 Å². The van der Waals surface area contributed by atoms with Gasteiger partial charge >= 0.3 is 5.97 Å². The van der Waals surface area contributed by atoms with Crippen LogP contribution in [-0.2, 0) is 55.1 Å². The van der Waals surface area contributed by atoms with Gasteiger partial charge in [-0.15, -0.1) is 0 Å². The van der Waals surface area contributed by atoms with E-state index in [9.17, 15) is 29.1 Å². The summed E-state index contributed by atoms with van der Waals surface area (Å²) in [6.45, 7) is 15.2. The van der Waals surface area contributed by atoms with E-state index in [-0.39, 0.29) is 104 Å². The number of likely N-dealkylation sites (N-methyl/N-ethyl adjacent to an activating group) is 1. The third kappa shape index (κ3) is 11.8. The fraction of sp³-hybridized carbons (Fsp3) is 0.489. The highest BCUT2D eigenvalue weighted by atomic mass is 32.1. The van der Waals surface area contributed by atoms with Gasteiger partial charge in [-0.05, 0) is 91.1 Å². The van der Waals surface area contributed by atoms with Gasteiger partial charge in [-0.2, -0.15) is 54.0 Å². The lowest BCUT2D eigenvalue weighted by Crippen LogP contribution is -2.62. The lowest BCUT2D eigenvalue weighted by Gasteiger charge is -2.37. The number of rotatable bonds is 8. The Morgan fingerprint density at radius 3 is 2.44 bits per heavy atom. The minimum absolute atomic E-state index is 0. The molecule has 0 radical (unpaired) electrons. The van der Waals surface area contributed by atoms with Crippen LogP contribution in [0.1, 0.15) is 65.0 Å². The van der Waals surface area contributed by atoms with Crippen LogP contribution < -0.4 is 10.7 Å². The second-order valence-electron chi connectivity index (χ2n) is 18.3. The van der Waals surface area contributed by atoms with Crippen molar-refractivity contribution in [3.05, 3.63) is 72.7 Å². The number of aryl methyl sites for hydroxylation is 2. The van der Waals surface area contributed by atoms with Crippen molar-refractivity contribution in [1.82, 2.24) is 39.7 Å². The maximum Gasteiger partial charge on any atom is 0.324 e. The molecule has 15 nitrogen and oxygen atoms in total. The number of hydrogen-bond acceptors (Lipinski definition) is 9. The van der Waals surface area contributed by atoms with E-state index < -0.39 is 47.2 Å². The highest BCUT2D eigenvalue weighted by Gasteiger charge is 2.40. The average Bonchev–Trinajstić information content (AvgIpc) is 3.98. The zero-order valence-corrected chi connectivity index (χ0v) is 42.9. The predicted octanol–water partition coefficient (Wildman–Crippen LogP) is 5.05. The van der Waals surface area contributed by atoms with E-state index in [1.54, 1.807) is 30.4 Å². The molecule has 19 heteroatoms. The SMILES string of the molecule is C=CC(=O)N1CC[C@H](C(=O)N(C)[C@H](C(=O)N[C@H]2Cc3cc(O)cc(c3)-c3ccc4c(c3)c(c(-c3cn(C)cn3)n4CC)CC(C)(C)COC(=O)[C@@H]3CCCN(N3)C2=O)C(C)C)C1.S.S.S.S. The Morgan fingerprint density at radius 2 is 1.79 bits per heavy atom. The van der Waals surface area contributed by atoms with E-state index in [4.69, 9.17) is 9.72 Å². The Morgan fingerprint density at radius 1 is 1.06 bits per heavy atom. The molecule has 0 saturated carbocycles. The maximum absolute atomic E-state index is 14.6. The molecule has 4 atom stereocenters. The number of aromatic hydroxyl groups is 1. The fourth-order valence-electron chi connectivity index (χ4n) is 9.43. The molecule has 4 aromatic rings. The molecule has 0 unspecified atom stereocenters. The van der Waals surface area contributed by atoms with Crippen LogP contribution in [-0.4, -0.2) is 115 Å². The minimum Gasteiger partial charge on any atom is -0.508 e. The number of nitrogens with one attached hydrogen (secondary N) is 2. The summed E-state index contributed by atoms with van der Waals surface area (Å²) in [6, 6.07) is 8.52. The summed E-state index contributed by atoms with van der Waals surface area (Å²) < 4.78 is 10.2. The predicted molar refractivity (Wildman–Crippen MR) is 277 cm³/mol. The van der Waals surface area contributed by atoms with Gasteiger partial charge in [0.25, 0.3) is 5.91 Å². The zero-order valence-electron chi connectivity index (χ0n) is 38.9. The number of cyclic esters (lactones) is 1. The van der Waals surface area contributed by atoms with E-state index in [1.165, 1.54) is 16.0 Å².